The van der Waals surface area contributed by atoms with Gasteiger partial charge in [-0.05, 0) is 29.5 Å². The number of carboxylic acid groups (broad SMARTS) is 1. The van der Waals surface area contributed by atoms with Crippen molar-refractivity contribution in [1.29, 1.82) is 0 Å². The van der Waals surface area contributed by atoms with Crippen LogP contribution in [-0.2, 0) is 11.2 Å². The van der Waals surface area contributed by atoms with Gasteiger partial charge in [-0.2, -0.15) is 0 Å². The van der Waals surface area contributed by atoms with Crippen molar-refractivity contribution in [2.45, 2.75) is 25.9 Å². The molecular weight excluding hydrogens is 264 g/mol. The van der Waals surface area contributed by atoms with E-state index >= 15 is 0 Å². The first-order valence-electron chi connectivity index (χ1n) is 7.11. The Kier molecular flexibility index (Phi) is 5.12. The van der Waals surface area contributed by atoms with Crippen LogP contribution in [0.2, 0.25) is 0 Å². The zero-order chi connectivity index (χ0) is 15.2. The van der Waals surface area contributed by atoms with Crippen molar-refractivity contribution < 1.29 is 15.0 Å². The number of aliphatic hydroxyl groups excluding tert-OH is 1. The van der Waals surface area contributed by atoms with Gasteiger partial charge in [-0.25, -0.2) is 0 Å². The summed E-state index contributed by atoms with van der Waals surface area (Å²) in [5, 5.41) is 18.8. The van der Waals surface area contributed by atoms with Crippen LogP contribution in [0.1, 0.15) is 18.9 Å². The van der Waals surface area contributed by atoms with Gasteiger partial charge in [-0.15, -0.1) is 0 Å². The molecule has 0 amide bonds. The molecule has 0 saturated heterocycles. The topological polar surface area (TPSA) is 57.5 Å². The zero-order valence-corrected chi connectivity index (χ0v) is 12.1. The van der Waals surface area contributed by atoms with E-state index in [4.69, 9.17) is 5.11 Å². The normalized spacial score (nSPS) is 13.6. The van der Waals surface area contributed by atoms with Crippen LogP contribution in [0.4, 0.5) is 0 Å². The van der Waals surface area contributed by atoms with Crippen LogP contribution in [0.5, 0.6) is 0 Å². The molecule has 0 aliphatic carbocycles. The number of rotatable bonds is 6. The molecule has 2 rings (SSSR count). The minimum absolute atomic E-state index is 0.274. The minimum Gasteiger partial charge on any atom is -0.481 e. The lowest BCUT2D eigenvalue weighted by atomic mass is 9.97. The average Bonchev–Trinajstić information content (AvgIpc) is 2.48. The van der Waals surface area contributed by atoms with Crippen molar-refractivity contribution in [2.75, 3.05) is 0 Å². The highest BCUT2D eigenvalue weighted by molar-refractivity contribution is 5.69. The number of benzene rings is 2. The van der Waals surface area contributed by atoms with Crippen LogP contribution in [-0.4, -0.2) is 22.3 Å². The van der Waals surface area contributed by atoms with Gasteiger partial charge >= 0.3 is 5.97 Å². The van der Waals surface area contributed by atoms with Gasteiger partial charge in [0.05, 0.1) is 12.0 Å². The van der Waals surface area contributed by atoms with Gasteiger partial charge in [0.1, 0.15) is 0 Å². The molecule has 0 radical (unpaired) electrons. The molecule has 3 nitrogen and oxygen atoms in total. The second-order valence-corrected chi connectivity index (χ2v) is 5.40. The van der Waals surface area contributed by atoms with Gasteiger partial charge in [-0.1, -0.05) is 61.5 Å². The van der Waals surface area contributed by atoms with E-state index in [1.165, 1.54) is 0 Å². The van der Waals surface area contributed by atoms with Gasteiger partial charge in [0.25, 0.3) is 0 Å². The highest BCUT2D eigenvalue weighted by Crippen LogP contribution is 2.20. The largest absolute Gasteiger partial charge is 0.481 e. The molecule has 0 fully saturated rings. The highest BCUT2D eigenvalue weighted by atomic mass is 16.4. The predicted octanol–water partition coefficient (Wildman–Crippen LogP) is 3.37. The molecule has 0 saturated carbocycles. The van der Waals surface area contributed by atoms with Gasteiger partial charge in [0, 0.05) is 0 Å². The molecule has 2 aromatic carbocycles. The Morgan fingerprint density at radius 1 is 1.00 bits per heavy atom. The van der Waals surface area contributed by atoms with Crippen LogP contribution >= 0.6 is 0 Å². The van der Waals surface area contributed by atoms with Gasteiger partial charge in [0.15, 0.2) is 0 Å². The number of aliphatic hydroxyl groups is 1. The summed E-state index contributed by atoms with van der Waals surface area (Å²) in [7, 11) is 0. The monoisotopic (exact) mass is 284 g/mol. The van der Waals surface area contributed by atoms with E-state index in [9.17, 15) is 9.90 Å². The average molecular weight is 284 g/mol. The number of carboxylic acids is 1. The quantitative estimate of drug-likeness (QED) is 0.855. The lowest BCUT2D eigenvalue weighted by molar-refractivity contribution is -0.142. The van der Waals surface area contributed by atoms with Crippen LogP contribution in [0.25, 0.3) is 11.1 Å². The van der Waals surface area contributed by atoms with Crippen molar-refractivity contribution in [3.63, 3.8) is 0 Å². The number of hydrogen-bond acceptors (Lipinski definition) is 2. The fraction of sp³-hybridized carbons (Fsp3) is 0.278. The first-order chi connectivity index (χ1) is 10.1. The van der Waals surface area contributed by atoms with Gasteiger partial charge in [-0.3, -0.25) is 4.79 Å². The third-order valence-electron chi connectivity index (χ3n) is 3.58. The van der Waals surface area contributed by atoms with Crippen molar-refractivity contribution in [2.24, 2.45) is 5.92 Å². The first kappa shape index (κ1) is 15.3. The second kappa shape index (κ2) is 7.04. The summed E-state index contributed by atoms with van der Waals surface area (Å²) in [6, 6.07) is 18.1. The van der Waals surface area contributed by atoms with Gasteiger partial charge < -0.3 is 10.2 Å². The molecule has 0 spiro atoms. The van der Waals surface area contributed by atoms with E-state index in [1.807, 2.05) is 42.5 Å². The lowest BCUT2D eigenvalue weighted by Gasteiger charge is -2.13. The third-order valence-corrected chi connectivity index (χ3v) is 3.58. The Morgan fingerprint density at radius 2 is 1.57 bits per heavy atom. The number of carbonyl (C=O) groups is 1. The maximum absolute atomic E-state index is 10.8. The lowest BCUT2D eigenvalue weighted by Crippen LogP contribution is -2.19. The van der Waals surface area contributed by atoms with E-state index in [0.717, 1.165) is 16.7 Å². The van der Waals surface area contributed by atoms with E-state index in [1.54, 1.807) is 6.92 Å². The molecule has 2 aromatic rings. The minimum atomic E-state index is -0.867. The summed E-state index contributed by atoms with van der Waals surface area (Å²) in [4.78, 5) is 10.8. The molecular formula is C18H20O3. The van der Waals surface area contributed by atoms with Crippen molar-refractivity contribution in [3.8, 4) is 11.1 Å². The predicted molar refractivity (Wildman–Crippen MR) is 83.0 cm³/mol. The highest BCUT2D eigenvalue weighted by Gasteiger charge is 2.16. The van der Waals surface area contributed by atoms with Crippen molar-refractivity contribution in [3.05, 3.63) is 60.2 Å². The Balaban J connectivity index is 1.98. The van der Waals surface area contributed by atoms with Crippen LogP contribution in [0.15, 0.2) is 54.6 Å². The third kappa shape index (κ3) is 4.43. The fourth-order valence-electron chi connectivity index (χ4n) is 2.33. The summed E-state index contributed by atoms with van der Waals surface area (Å²) in [5.74, 6) is -1.39. The maximum atomic E-state index is 10.8. The standard InChI is InChI=1S/C18H20O3/c1-13(18(20)21)11-17(19)12-14-7-9-16(10-8-14)15-5-3-2-4-6-15/h2-10,13,17,19H,11-12H2,1H3,(H,20,21)/t13-,17-/m1/s1. The summed E-state index contributed by atoms with van der Waals surface area (Å²) >= 11 is 0. The summed E-state index contributed by atoms with van der Waals surface area (Å²) in [6.07, 6.45) is 0.126. The molecule has 0 aliphatic rings. The molecule has 2 atom stereocenters. The SMILES string of the molecule is C[C@H](C[C@@H](O)Cc1ccc(-c2ccccc2)cc1)C(=O)O. The Labute approximate surface area is 124 Å². The van der Waals surface area contributed by atoms with E-state index in [2.05, 4.69) is 12.1 Å². The number of hydrogen-bond donors (Lipinski definition) is 2. The van der Waals surface area contributed by atoms with Gasteiger partial charge in [0.2, 0.25) is 0 Å². The summed E-state index contributed by atoms with van der Waals surface area (Å²) < 4.78 is 0. The molecule has 0 unspecified atom stereocenters. The Bertz CT molecular complexity index is 575. The molecule has 0 heterocycles. The maximum Gasteiger partial charge on any atom is 0.306 e. The molecule has 21 heavy (non-hydrogen) atoms. The van der Waals surface area contributed by atoms with E-state index < -0.39 is 18.0 Å². The zero-order valence-electron chi connectivity index (χ0n) is 12.1. The van der Waals surface area contributed by atoms with Crippen LogP contribution in [0.3, 0.4) is 0 Å². The number of aliphatic carboxylic acids is 1. The van der Waals surface area contributed by atoms with E-state index in [-0.39, 0.29) is 6.42 Å². The van der Waals surface area contributed by atoms with Crippen LogP contribution in [0, 0.1) is 5.92 Å². The molecule has 0 aromatic heterocycles. The molecule has 3 heteroatoms. The second-order valence-electron chi connectivity index (χ2n) is 5.40. The van der Waals surface area contributed by atoms with Crippen molar-refractivity contribution in [1.82, 2.24) is 0 Å². The molecule has 2 N–H and O–H groups in total. The molecule has 0 bridgehead atoms. The van der Waals surface area contributed by atoms with Crippen molar-refractivity contribution >= 4 is 5.97 Å². The summed E-state index contributed by atoms with van der Waals surface area (Å²) in [5.41, 5.74) is 3.30. The molecule has 110 valence electrons. The Hall–Kier alpha value is -2.13. The molecule has 0 aliphatic heterocycles. The fourth-order valence-corrected chi connectivity index (χ4v) is 2.33. The first-order valence-corrected chi connectivity index (χ1v) is 7.11. The van der Waals surface area contributed by atoms with Crippen LogP contribution < -0.4 is 0 Å². The smallest absolute Gasteiger partial charge is 0.306 e. The summed E-state index contributed by atoms with van der Waals surface area (Å²) in [6.45, 7) is 1.62. The Morgan fingerprint density at radius 3 is 2.14 bits per heavy atom. The van der Waals surface area contributed by atoms with E-state index in [0.29, 0.717) is 6.42 Å².